The van der Waals surface area contributed by atoms with Crippen molar-refractivity contribution >= 4 is 34.0 Å². The van der Waals surface area contributed by atoms with Crippen LogP contribution in [0.2, 0.25) is 0 Å². The number of rotatable bonds is 7. The highest BCUT2D eigenvalue weighted by Gasteiger charge is 2.37. The third-order valence-electron chi connectivity index (χ3n) is 4.92. The minimum atomic E-state index is -0.437. The summed E-state index contributed by atoms with van der Waals surface area (Å²) >= 11 is 1.36. The van der Waals surface area contributed by atoms with Gasteiger partial charge in [0, 0.05) is 6.54 Å². The first-order chi connectivity index (χ1) is 13.5. The summed E-state index contributed by atoms with van der Waals surface area (Å²) in [5.74, 6) is -0.239. The summed E-state index contributed by atoms with van der Waals surface area (Å²) in [6, 6.07) is 3.49. The van der Waals surface area contributed by atoms with Gasteiger partial charge in [0.25, 0.3) is 0 Å². The molecule has 3 N–H and O–H groups in total. The molecule has 0 aromatic carbocycles. The SMILES string of the molecule is COC(=O)c1ccsc1N1CC[C@H](N(C)CCCc2[nH]nc(N)c2C#N)C1=O. The van der Waals surface area contributed by atoms with Crippen LogP contribution in [0.4, 0.5) is 10.8 Å². The minimum Gasteiger partial charge on any atom is -0.465 e. The number of aromatic amines is 1. The van der Waals surface area contributed by atoms with Crippen molar-refractivity contribution in [3.8, 4) is 6.07 Å². The summed E-state index contributed by atoms with van der Waals surface area (Å²) < 4.78 is 4.80. The van der Waals surface area contributed by atoms with Crippen LogP contribution < -0.4 is 10.6 Å². The number of thiophene rings is 1. The average molecular weight is 402 g/mol. The van der Waals surface area contributed by atoms with E-state index in [1.54, 1.807) is 16.3 Å². The number of anilines is 2. The highest BCUT2D eigenvalue weighted by molar-refractivity contribution is 7.14. The molecule has 0 bridgehead atoms. The van der Waals surface area contributed by atoms with E-state index in [9.17, 15) is 9.59 Å². The Bertz CT molecular complexity index is 915. The Hall–Kier alpha value is -2.90. The number of nitriles is 1. The molecule has 0 spiro atoms. The molecule has 0 radical (unpaired) electrons. The number of likely N-dealkylation sites (N-methyl/N-ethyl adjacent to an activating group) is 1. The van der Waals surface area contributed by atoms with Crippen molar-refractivity contribution < 1.29 is 14.3 Å². The molecule has 3 heterocycles. The second kappa shape index (κ2) is 8.41. The normalized spacial score (nSPS) is 16.6. The van der Waals surface area contributed by atoms with Crippen molar-refractivity contribution in [1.82, 2.24) is 15.1 Å². The first-order valence-electron chi connectivity index (χ1n) is 8.88. The topological polar surface area (TPSA) is 128 Å². The minimum absolute atomic E-state index is 0.0152. The van der Waals surface area contributed by atoms with Gasteiger partial charge < -0.3 is 15.4 Å². The lowest BCUT2D eigenvalue weighted by Gasteiger charge is -2.23. The van der Waals surface area contributed by atoms with Crippen LogP contribution in [0.5, 0.6) is 0 Å². The second-order valence-electron chi connectivity index (χ2n) is 6.58. The monoisotopic (exact) mass is 402 g/mol. The van der Waals surface area contributed by atoms with Crippen LogP contribution in [-0.4, -0.2) is 60.3 Å². The molecule has 1 aliphatic rings. The number of esters is 1. The van der Waals surface area contributed by atoms with E-state index in [0.717, 1.165) is 6.42 Å². The summed E-state index contributed by atoms with van der Waals surface area (Å²) in [7, 11) is 3.24. The lowest BCUT2D eigenvalue weighted by molar-refractivity contribution is -0.121. The van der Waals surface area contributed by atoms with E-state index in [1.807, 2.05) is 11.9 Å². The number of nitrogens with zero attached hydrogens (tertiary/aromatic N) is 4. The van der Waals surface area contributed by atoms with Crippen molar-refractivity contribution in [2.75, 3.05) is 37.9 Å². The molecule has 0 saturated carbocycles. The largest absolute Gasteiger partial charge is 0.465 e. The Morgan fingerprint density at radius 1 is 1.61 bits per heavy atom. The molecule has 28 heavy (non-hydrogen) atoms. The molecule has 0 unspecified atom stereocenters. The van der Waals surface area contributed by atoms with Gasteiger partial charge in [0.15, 0.2) is 5.82 Å². The molecule has 1 fully saturated rings. The second-order valence-corrected chi connectivity index (χ2v) is 7.48. The van der Waals surface area contributed by atoms with Gasteiger partial charge in [-0.25, -0.2) is 4.79 Å². The number of methoxy groups -OCH3 is 1. The number of H-pyrrole nitrogens is 1. The Balaban J connectivity index is 1.59. The maximum absolute atomic E-state index is 12.9. The van der Waals surface area contributed by atoms with E-state index in [1.165, 1.54) is 18.4 Å². The van der Waals surface area contributed by atoms with Gasteiger partial charge in [-0.3, -0.25) is 14.8 Å². The fourth-order valence-electron chi connectivity index (χ4n) is 3.41. The lowest BCUT2D eigenvalue weighted by Crippen LogP contribution is -2.40. The van der Waals surface area contributed by atoms with E-state index < -0.39 is 5.97 Å². The number of aryl methyl sites for hydroxylation is 1. The standard InChI is InChI=1S/C18H22N6O3S/c1-23(7-3-4-13-12(10-19)15(20)22-21-13)14-5-8-24(16(14)25)17-11(6-9-28-17)18(26)27-2/h6,9,14H,3-5,7-8H2,1-2H3,(H3,20,21,22)/t14-/m0/s1. The molecule has 1 amide bonds. The van der Waals surface area contributed by atoms with E-state index in [-0.39, 0.29) is 17.8 Å². The van der Waals surface area contributed by atoms with E-state index in [0.29, 0.717) is 47.8 Å². The predicted octanol–water partition coefficient (Wildman–Crippen LogP) is 1.38. The summed E-state index contributed by atoms with van der Waals surface area (Å²) in [6.45, 7) is 1.25. The van der Waals surface area contributed by atoms with Gasteiger partial charge >= 0.3 is 5.97 Å². The summed E-state index contributed by atoms with van der Waals surface area (Å²) in [4.78, 5) is 28.5. The predicted molar refractivity (Wildman–Crippen MR) is 105 cm³/mol. The number of nitrogens with two attached hydrogens (primary N) is 1. The van der Waals surface area contributed by atoms with Crippen LogP contribution in [0.3, 0.4) is 0 Å². The highest BCUT2D eigenvalue weighted by atomic mass is 32.1. The fraction of sp³-hybridized carbons (Fsp3) is 0.444. The average Bonchev–Trinajstić information content (AvgIpc) is 3.39. The first-order valence-corrected chi connectivity index (χ1v) is 9.76. The van der Waals surface area contributed by atoms with Gasteiger partial charge in [0.05, 0.1) is 24.4 Å². The number of ether oxygens (including phenoxy) is 1. The van der Waals surface area contributed by atoms with E-state index in [4.69, 9.17) is 15.7 Å². The van der Waals surface area contributed by atoms with Gasteiger partial charge in [-0.1, -0.05) is 0 Å². The van der Waals surface area contributed by atoms with E-state index >= 15 is 0 Å². The molecular formula is C18H22N6O3S. The third-order valence-corrected chi connectivity index (χ3v) is 5.86. The summed E-state index contributed by atoms with van der Waals surface area (Å²) in [6.07, 6.45) is 2.07. The number of carbonyl (C=O) groups is 2. The molecule has 10 heteroatoms. The summed E-state index contributed by atoms with van der Waals surface area (Å²) in [5.41, 5.74) is 7.17. The van der Waals surface area contributed by atoms with Gasteiger partial charge in [0.1, 0.15) is 16.6 Å². The van der Waals surface area contributed by atoms with Crippen molar-refractivity contribution in [2.45, 2.75) is 25.3 Å². The Labute approximate surface area is 166 Å². The highest BCUT2D eigenvalue weighted by Crippen LogP contribution is 2.32. The van der Waals surface area contributed by atoms with Crippen LogP contribution in [-0.2, 0) is 16.0 Å². The van der Waals surface area contributed by atoms with Crippen LogP contribution in [0, 0.1) is 11.3 Å². The maximum Gasteiger partial charge on any atom is 0.340 e. The van der Waals surface area contributed by atoms with Gasteiger partial charge in [-0.05, 0) is 44.3 Å². The molecular weight excluding hydrogens is 380 g/mol. The van der Waals surface area contributed by atoms with Gasteiger partial charge in [-0.2, -0.15) is 10.4 Å². The van der Waals surface area contributed by atoms with Crippen molar-refractivity contribution in [3.63, 3.8) is 0 Å². The Morgan fingerprint density at radius 3 is 3.11 bits per heavy atom. The van der Waals surface area contributed by atoms with Gasteiger partial charge in [0.2, 0.25) is 5.91 Å². The number of nitrogens with one attached hydrogen (secondary N) is 1. The van der Waals surface area contributed by atoms with Crippen LogP contribution in [0.25, 0.3) is 0 Å². The number of hydrogen-bond donors (Lipinski definition) is 2. The van der Waals surface area contributed by atoms with Crippen molar-refractivity contribution in [3.05, 3.63) is 28.3 Å². The maximum atomic E-state index is 12.9. The zero-order chi connectivity index (χ0) is 20.3. The molecule has 1 aliphatic heterocycles. The molecule has 2 aromatic heterocycles. The van der Waals surface area contributed by atoms with Crippen LogP contribution >= 0.6 is 11.3 Å². The molecule has 1 atom stereocenters. The number of hydrogen-bond acceptors (Lipinski definition) is 8. The first kappa shape index (κ1) is 19.9. The third kappa shape index (κ3) is 3.72. The quantitative estimate of drug-likeness (QED) is 0.670. The van der Waals surface area contributed by atoms with Crippen molar-refractivity contribution in [1.29, 1.82) is 5.26 Å². The molecule has 3 rings (SSSR count). The molecule has 1 saturated heterocycles. The summed E-state index contributed by atoms with van der Waals surface area (Å²) in [5, 5.41) is 18.2. The molecule has 2 aromatic rings. The number of nitrogen functional groups attached to an aromatic ring is 1. The Morgan fingerprint density at radius 2 is 2.39 bits per heavy atom. The van der Waals surface area contributed by atoms with E-state index in [2.05, 4.69) is 16.3 Å². The zero-order valence-corrected chi connectivity index (χ0v) is 16.6. The van der Waals surface area contributed by atoms with Crippen LogP contribution in [0.1, 0.15) is 34.5 Å². The Kier molecular flexibility index (Phi) is 5.96. The van der Waals surface area contributed by atoms with Gasteiger partial charge in [-0.15, -0.1) is 11.3 Å². The van der Waals surface area contributed by atoms with Crippen molar-refractivity contribution in [2.24, 2.45) is 0 Å². The molecule has 0 aliphatic carbocycles. The molecule has 148 valence electrons. The zero-order valence-electron chi connectivity index (χ0n) is 15.8. The fourth-order valence-corrected chi connectivity index (χ4v) is 4.33. The molecule has 9 nitrogen and oxygen atoms in total. The lowest BCUT2D eigenvalue weighted by atomic mass is 10.1. The number of aromatic nitrogens is 2. The smallest absolute Gasteiger partial charge is 0.340 e. The number of carbonyl (C=O) groups excluding carboxylic acids is 2. The number of amides is 1. The van der Waals surface area contributed by atoms with Crippen LogP contribution in [0.15, 0.2) is 11.4 Å².